The largest absolute Gasteiger partial charge is 0.496 e. The van der Waals surface area contributed by atoms with Crippen LogP contribution in [0.15, 0.2) is 36.4 Å². The van der Waals surface area contributed by atoms with Crippen LogP contribution in [0.25, 0.3) is 10.8 Å². The lowest BCUT2D eigenvalue weighted by molar-refractivity contribution is 0.238. The number of hydrogen-bond donors (Lipinski definition) is 2. The fourth-order valence-corrected chi connectivity index (χ4v) is 3.98. The van der Waals surface area contributed by atoms with E-state index < -0.39 is 0 Å². The predicted octanol–water partition coefficient (Wildman–Crippen LogP) is 3.25. The first-order chi connectivity index (χ1) is 14.6. The zero-order valence-corrected chi connectivity index (χ0v) is 17.2. The van der Waals surface area contributed by atoms with E-state index in [0.29, 0.717) is 17.9 Å². The summed E-state index contributed by atoms with van der Waals surface area (Å²) in [6.45, 7) is 4.38. The van der Waals surface area contributed by atoms with Gasteiger partial charge in [-0.1, -0.05) is 12.1 Å². The molecule has 0 amide bonds. The molecule has 0 bridgehead atoms. The molecule has 30 heavy (non-hydrogen) atoms. The van der Waals surface area contributed by atoms with E-state index in [-0.39, 0.29) is 12.5 Å². The second-order valence-corrected chi connectivity index (χ2v) is 7.69. The normalized spacial score (nSPS) is 15.9. The lowest BCUT2D eigenvalue weighted by Gasteiger charge is -2.20. The van der Waals surface area contributed by atoms with Gasteiger partial charge in [0, 0.05) is 42.9 Å². The van der Waals surface area contributed by atoms with Crippen LogP contribution in [0.4, 0.5) is 11.6 Å². The number of ether oxygens (including phenoxy) is 1. The molecule has 7 heteroatoms. The number of fused-ring (bicyclic) bond motifs is 1. The van der Waals surface area contributed by atoms with Gasteiger partial charge < -0.3 is 20.1 Å². The van der Waals surface area contributed by atoms with Gasteiger partial charge in [0.1, 0.15) is 5.75 Å². The number of aliphatic hydroxyl groups excluding tert-OH is 1. The van der Waals surface area contributed by atoms with E-state index in [2.05, 4.69) is 32.5 Å². The van der Waals surface area contributed by atoms with Gasteiger partial charge in [0.25, 0.3) is 0 Å². The number of anilines is 2. The van der Waals surface area contributed by atoms with Gasteiger partial charge in [-0.2, -0.15) is 5.26 Å². The molecule has 1 fully saturated rings. The van der Waals surface area contributed by atoms with Crippen LogP contribution in [0.3, 0.4) is 0 Å². The number of rotatable bonds is 6. The number of nitrogens with one attached hydrogen (secondary N) is 1. The van der Waals surface area contributed by atoms with E-state index in [9.17, 15) is 10.4 Å². The van der Waals surface area contributed by atoms with Gasteiger partial charge in [0.05, 0.1) is 18.7 Å². The van der Waals surface area contributed by atoms with Crippen LogP contribution in [0.2, 0.25) is 0 Å². The number of methoxy groups -OCH3 is 1. The Morgan fingerprint density at radius 1 is 1.23 bits per heavy atom. The van der Waals surface area contributed by atoms with Crippen LogP contribution >= 0.6 is 0 Å². The zero-order chi connectivity index (χ0) is 21.1. The third-order valence-electron chi connectivity index (χ3n) is 5.65. The highest BCUT2D eigenvalue weighted by atomic mass is 16.5. The maximum absolute atomic E-state index is 9.47. The minimum atomic E-state index is 0.182. The molecule has 3 aromatic rings. The van der Waals surface area contributed by atoms with Crippen LogP contribution in [0.1, 0.15) is 23.1 Å². The summed E-state index contributed by atoms with van der Waals surface area (Å²) in [6, 6.07) is 13.9. The Labute approximate surface area is 175 Å². The second-order valence-electron chi connectivity index (χ2n) is 7.69. The lowest BCUT2D eigenvalue weighted by atomic mass is 10.1. The molecular formula is C23H25N5O2. The third-order valence-corrected chi connectivity index (χ3v) is 5.65. The van der Waals surface area contributed by atoms with E-state index in [1.165, 1.54) is 0 Å². The lowest BCUT2D eigenvalue weighted by Crippen LogP contribution is -2.22. The molecule has 1 atom stereocenters. The van der Waals surface area contributed by atoms with E-state index in [1.54, 1.807) is 7.11 Å². The van der Waals surface area contributed by atoms with E-state index >= 15 is 0 Å². The molecule has 2 heterocycles. The molecule has 7 nitrogen and oxygen atoms in total. The highest BCUT2D eigenvalue weighted by Crippen LogP contribution is 2.32. The number of hydrogen-bond acceptors (Lipinski definition) is 7. The van der Waals surface area contributed by atoms with Crippen LogP contribution in [0.5, 0.6) is 5.75 Å². The topological polar surface area (TPSA) is 94.3 Å². The summed E-state index contributed by atoms with van der Waals surface area (Å²) < 4.78 is 5.33. The quantitative estimate of drug-likeness (QED) is 0.652. The SMILES string of the molecule is COc1ccc(CNc2nnc(N3CCC(CO)C3)c3ccc(C#N)cc23)cc1C. The monoisotopic (exact) mass is 403 g/mol. The molecule has 0 aliphatic carbocycles. The van der Waals surface area contributed by atoms with Crippen LogP contribution in [-0.4, -0.2) is 42.1 Å². The predicted molar refractivity (Wildman–Crippen MR) is 117 cm³/mol. The molecule has 1 aromatic heterocycles. The maximum atomic E-state index is 9.47. The first-order valence-corrected chi connectivity index (χ1v) is 10.1. The van der Waals surface area contributed by atoms with Crippen molar-refractivity contribution in [2.45, 2.75) is 19.9 Å². The van der Waals surface area contributed by atoms with Gasteiger partial charge in [-0.15, -0.1) is 10.2 Å². The van der Waals surface area contributed by atoms with Gasteiger partial charge in [0.2, 0.25) is 0 Å². The molecule has 0 saturated carbocycles. The van der Waals surface area contributed by atoms with Gasteiger partial charge in [0.15, 0.2) is 11.6 Å². The van der Waals surface area contributed by atoms with Crippen molar-refractivity contribution >= 4 is 22.4 Å². The minimum absolute atomic E-state index is 0.182. The molecule has 1 unspecified atom stereocenters. The molecule has 0 radical (unpaired) electrons. The number of nitriles is 1. The Kier molecular flexibility index (Phi) is 5.68. The Morgan fingerprint density at radius 2 is 2.10 bits per heavy atom. The minimum Gasteiger partial charge on any atom is -0.496 e. The first kappa shape index (κ1) is 19.9. The summed E-state index contributed by atoms with van der Waals surface area (Å²) in [7, 11) is 1.67. The summed E-state index contributed by atoms with van der Waals surface area (Å²) in [5, 5.41) is 33.0. The molecule has 2 aromatic carbocycles. The number of aliphatic hydroxyl groups is 1. The van der Waals surface area contributed by atoms with Crippen molar-refractivity contribution in [3.8, 4) is 11.8 Å². The van der Waals surface area contributed by atoms with Crippen molar-refractivity contribution in [2.24, 2.45) is 5.92 Å². The van der Waals surface area contributed by atoms with Gasteiger partial charge in [-0.3, -0.25) is 0 Å². The van der Waals surface area contributed by atoms with E-state index in [0.717, 1.165) is 53.0 Å². The Bertz CT molecular complexity index is 1110. The Hall–Kier alpha value is -3.37. The van der Waals surface area contributed by atoms with Crippen molar-refractivity contribution in [1.29, 1.82) is 5.26 Å². The number of aryl methyl sites for hydroxylation is 1. The highest BCUT2D eigenvalue weighted by Gasteiger charge is 2.25. The number of nitrogens with zero attached hydrogens (tertiary/aromatic N) is 4. The summed E-state index contributed by atoms with van der Waals surface area (Å²) in [4.78, 5) is 2.17. The van der Waals surface area contributed by atoms with Crippen LogP contribution < -0.4 is 15.0 Å². The van der Waals surface area contributed by atoms with Crippen LogP contribution in [-0.2, 0) is 6.54 Å². The van der Waals surface area contributed by atoms with Crippen LogP contribution in [0, 0.1) is 24.2 Å². The molecule has 1 saturated heterocycles. The molecule has 2 N–H and O–H groups in total. The van der Waals surface area contributed by atoms with Crippen molar-refractivity contribution in [3.63, 3.8) is 0 Å². The molecule has 154 valence electrons. The van der Waals surface area contributed by atoms with E-state index in [4.69, 9.17) is 4.74 Å². The summed E-state index contributed by atoms with van der Waals surface area (Å²) in [5.74, 6) is 2.57. The Balaban J connectivity index is 1.65. The van der Waals surface area contributed by atoms with Crippen molar-refractivity contribution in [2.75, 3.05) is 37.0 Å². The van der Waals surface area contributed by atoms with Crippen molar-refractivity contribution in [3.05, 3.63) is 53.1 Å². The fraction of sp³-hybridized carbons (Fsp3) is 0.348. The fourth-order valence-electron chi connectivity index (χ4n) is 3.98. The highest BCUT2D eigenvalue weighted by molar-refractivity contribution is 5.99. The molecule has 1 aliphatic heterocycles. The molecule has 1 aliphatic rings. The van der Waals surface area contributed by atoms with Gasteiger partial charge in [-0.05, 0) is 48.7 Å². The smallest absolute Gasteiger partial charge is 0.159 e. The average Bonchev–Trinajstić information content (AvgIpc) is 3.26. The van der Waals surface area contributed by atoms with Gasteiger partial charge >= 0.3 is 0 Å². The summed E-state index contributed by atoms with van der Waals surface area (Å²) in [5.41, 5.74) is 2.76. The number of aromatic nitrogens is 2. The van der Waals surface area contributed by atoms with Crippen molar-refractivity contribution < 1.29 is 9.84 Å². The average molecular weight is 403 g/mol. The summed E-state index contributed by atoms with van der Waals surface area (Å²) >= 11 is 0. The molecule has 0 spiro atoms. The van der Waals surface area contributed by atoms with E-state index in [1.807, 2.05) is 37.3 Å². The Morgan fingerprint density at radius 3 is 2.80 bits per heavy atom. The van der Waals surface area contributed by atoms with Crippen molar-refractivity contribution in [1.82, 2.24) is 10.2 Å². The summed E-state index contributed by atoms with van der Waals surface area (Å²) in [6.07, 6.45) is 0.937. The second kappa shape index (κ2) is 8.56. The molecular weight excluding hydrogens is 378 g/mol. The number of benzene rings is 2. The molecule has 4 rings (SSSR count). The maximum Gasteiger partial charge on any atom is 0.159 e. The zero-order valence-electron chi connectivity index (χ0n) is 17.2. The third kappa shape index (κ3) is 3.87. The van der Waals surface area contributed by atoms with Gasteiger partial charge in [-0.25, -0.2) is 0 Å². The first-order valence-electron chi connectivity index (χ1n) is 10.1. The standard InChI is InChI=1S/C23H25N5O2/c1-15-9-17(4-6-21(15)30-2)12-25-22-20-10-16(11-24)3-5-19(20)23(27-26-22)28-8-7-18(13-28)14-29/h3-6,9-10,18,29H,7-8,12-14H2,1-2H3,(H,25,26).